The van der Waals surface area contributed by atoms with Crippen LogP contribution in [0.4, 0.5) is 0 Å². The topological polar surface area (TPSA) is 227 Å². The Morgan fingerprint density at radius 3 is 1.90 bits per heavy atom. The van der Waals surface area contributed by atoms with E-state index in [1.54, 1.807) is 70.5 Å². The standard InChI is InChI=1S/C50H63N4O15PS2Si/c1-31-26-53(47(57)51-45(31)55)43-24-39-41(66-43)28-63-50(34-13-17-37(61-6)18-14-34,35-15-19-38(62-7)20-16-35)36-12-10-11-33(23-36)30-72(59,60)22-21-64-70(71,68-39)65-29-42-40(69-73(8,9)49(3,4)5)25-44(67-42)54-27-32(2)46(56)52-48(54)58/h10-20,23,26-27,39-44H,21-22,24-25,28-30H2,1-9H3,(H,51,55,57)(H,52,56,58)/t39-,40-,41+,42+,43+,44+,70+/m0/s1. The van der Waals surface area contributed by atoms with Gasteiger partial charge in [-0.3, -0.25) is 28.7 Å². The van der Waals surface area contributed by atoms with E-state index in [9.17, 15) is 27.6 Å². The molecule has 394 valence electrons. The van der Waals surface area contributed by atoms with E-state index in [4.69, 9.17) is 53.5 Å². The number of H-pyrrole nitrogens is 2. The molecular formula is C50H63N4O15PS2Si. The van der Waals surface area contributed by atoms with E-state index < -0.39 is 102 Å². The second-order valence-corrected chi connectivity index (χ2v) is 30.0. The molecule has 2 bridgehead atoms. The Bertz CT molecular complexity index is 3160. The predicted octanol–water partition coefficient (Wildman–Crippen LogP) is 6.27. The third-order valence-corrected chi connectivity index (χ3v) is 22.5. The first-order chi connectivity index (χ1) is 34.4. The van der Waals surface area contributed by atoms with Crippen LogP contribution in [0.3, 0.4) is 0 Å². The first-order valence-corrected chi connectivity index (χ1v) is 31.1. The van der Waals surface area contributed by atoms with E-state index in [0.29, 0.717) is 39.3 Å². The Labute approximate surface area is 429 Å². The van der Waals surface area contributed by atoms with E-state index in [0.717, 1.165) is 0 Å². The van der Waals surface area contributed by atoms with Crippen molar-refractivity contribution in [3.8, 4) is 11.5 Å². The number of nitrogens with zero attached hydrogens (tertiary/aromatic N) is 2. The number of rotatable bonds is 11. The zero-order valence-corrected chi connectivity index (χ0v) is 45.8. The number of nitrogens with one attached hydrogen (secondary N) is 2. The van der Waals surface area contributed by atoms with Crippen LogP contribution in [0.25, 0.3) is 0 Å². The van der Waals surface area contributed by atoms with E-state index in [2.05, 4.69) is 43.8 Å². The first-order valence-electron chi connectivity index (χ1n) is 23.9. The summed E-state index contributed by atoms with van der Waals surface area (Å²) < 4.78 is 89.1. The van der Waals surface area contributed by atoms with Crippen molar-refractivity contribution in [2.24, 2.45) is 0 Å². The Balaban J connectivity index is 1.22. The van der Waals surface area contributed by atoms with Gasteiger partial charge >= 0.3 is 18.1 Å². The minimum Gasteiger partial charge on any atom is -0.497 e. The maximum absolute atomic E-state index is 14.1. The lowest BCUT2D eigenvalue weighted by atomic mass is 9.79. The molecule has 2 fully saturated rings. The van der Waals surface area contributed by atoms with Gasteiger partial charge in [0.15, 0.2) is 18.2 Å². The Kier molecular flexibility index (Phi) is 16.0. The number of fused-ring (bicyclic) bond motifs is 3. The van der Waals surface area contributed by atoms with Crippen LogP contribution >= 0.6 is 6.72 Å². The van der Waals surface area contributed by atoms with E-state index in [1.807, 2.05) is 30.3 Å². The lowest BCUT2D eigenvalue weighted by molar-refractivity contribution is -0.0941. The number of benzene rings is 3. The van der Waals surface area contributed by atoms with Crippen LogP contribution in [0.5, 0.6) is 11.5 Å². The molecule has 0 aliphatic carbocycles. The SMILES string of the molecule is COc1ccc(C2(c3ccc(OC)cc3)OC[C@H]3O[C@@H](n4cc(C)c(=O)[nH]c4=O)C[C@@H]3O[P@](=S)(OC[C@H]3O[C@@H](n4cc(C)c(=O)[nH]c4=O)C[C@@H]3O[Si](C)(C)C(C)(C)C)OCCS(=O)(=O)Cc3cccc2c3)cc1. The molecule has 3 aliphatic heterocycles. The van der Waals surface area contributed by atoms with Crippen LogP contribution in [-0.2, 0) is 65.2 Å². The van der Waals surface area contributed by atoms with Gasteiger partial charge in [-0.05, 0) is 90.3 Å². The largest absolute Gasteiger partial charge is 0.497 e. The molecule has 23 heteroatoms. The number of aromatic amines is 2. The maximum Gasteiger partial charge on any atom is 0.330 e. The minimum absolute atomic E-state index is 0.0238. The molecule has 5 heterocycles. The summed E-state index contributed by atoms with van der Waals surface area (Å²) >= 11 is 6.23. The highest BCUT2D eigenvalue weighted by atomic mass is 32.5. The summed E-state index contributed by atoms with van der Waals surface area (Å²) in [5.74, 6) is 0.358. The fraction of sp³-hybridized carbons (Fsp3) is 0.480. The number of hydrogen-bond acceptors (Lipinski definition) is 16. The molecule has 7 atom stereocenters. The van der Waals surface area contributed by atoms with Crippen molar-refractivity contribution < 1.29 is 50.1 Å². The molecule has 0 amide bonds. The summed E-state index contributed by atoms with van der Waals surface area (Å²) in [5, 5.41) is -0.225. The smallest absolute Gasteiger partial charge is 0.330 e. The van der Waals surface area contributed by atoms with Crippen molar-refractivity contribution in [1.29, 1.82) is 0 Å². The van der Waals surface area contributed by atoms with E-state index in [-0.39, 0.29) is 42.4 Å². The van der Waals surface area contributed by atoms with Crippen LogP contribution in [-0.4, -0.2) is 100 Å². The summed E-state index contributed by atoms with van der Waals surface area (Å²) in [6.45, 7) is 8.65. The lowest BCUT2D eigenvalue weighted by Crippen LogP contribution is -2.46. The Hall–Kier alpha value is -4.84. The molecule has 5 aromatic rings. The molecule has 2 aromatic heterocycles. The minimum atomic E-state index is -4.06. The van der Waals surface area contributed by atoms with Gasteiger partial charge in [0.05, 0.1) is 57.8 Å². The molecular weight excluding hydrogens is 1020 g/mol. The van der Waals surface area contributed by atoms with Gasteiger partial charge in [0, 0.05) is 36.4 Å². The summed E-state index contributed by atoms with van der Waals surface area (Å²) in [4.78, 5) is 56.3. The van der Waals surface area contributed by atoms with Crippen molar-refractivity contribution in [2.45, 2.75) is 114 Å². The number of aromatic nitrogens is 4. The third-order valence-electron chi connectivity index (χ3n) is 14.0. The molecule has 19 nitrogen and oxygen atoms in total. The number of hydrogen-bond donors (Lipinski definition) is 2. The van der Waals surface area contributed by atoms with Crippen LogP contribution in [0.1, 0.15) is 79.4 Å². The van der Waals surface area contributed by atoms with Gasteiger partial charge in [-0.1, -0.05) is 69.3 Å². The summed E-state index contributed by atoms with van der Waals surface area (Å²) in [5.41, 5.74) is -0.960. The highest BCUT2D eigenvalue weighted by Crippen LogP contribution is 2.55. The molecule has 2 N–H and O–H groups in total. The van der Waals surface area contributed by atoms with Gasteiger partial charge in [-0.2, -0.15) is 0 Å². The van der Waals surface area contributed by atoms with Crippen molar-refractivity contribution in [2.75, 3.05) is 39.8 Å². The summed E-state index contributed by atoms with van der Waals surface area (Å²) in [7, 11) is -3.28. The number of methoxy groups -OCH3 is 2. The van der Waals surface area contributed by atoms with Gasteiger partial charge < -0.3 is 41.7 Å². The van der Waals surface area contributed by atoms with Gasteiger partial charge in [0.1, 0.15) is 41.8 Å². The molecule has 0 saturated carbocycles. The summed E-state index contributed by atoms with van der Waals surface area (Å²) in [6.07, 6.45) is -2.40. The zero-order valence-electron chi connectivity index (χ0n) is 42.3. The fourth-order valence-electron chi connectivity index (χ4n) is 8.95. The Morgan fingerprint density at radius 1 is 0.795 bits per heavy atom. The third kappa shape index (κ3) is 11.8. The van der Waals surface area contributed by atoms with Crippen LogP contribution < -0.4 is 32.0 Å². The molecule has 3 aromatic carbocycles. The van der Waals surface area contributed by atoms with Crippen molar-refractivity contribution in [1.82, 2.24) is 19.1 Å². The van der Waals surface area contributed by atoms with Gasteiger partial charge in [0.2, 0.25) is 0 Å². The number of ether oxygens (including phenoxy) is 5. The second-order valence-electron chi connectivity index (χ2n) is 20.1. The first kappa shape index (κ1) is 54.4. The summed E-state index contributed by atoms with van der Waals surface area (Å²) in [6, 6.07) is 21.8. The van der Waals surface area contributed by atoms with E-state index in [1.165, 1.54) is 21.5 Å². The normalized spacial score (nSPS) is 25.5. The maximum atomic E-state index is 14.1. The van der Waals surface area contributed by atoms with E-state index >= 15 is 0 Å². The second kappa shape index (κ2) is 21.4. The average molecular weight is 1080 g/mol. The molecule has 0 radical (unpaired) electrons. The van der Waals surface area contributed by atoms with Gasteiger partial charge in [0.25, 0.3) is 11.1 Å². The molecule has 2 saturated heterocycles. The highest BCUT2D eigenvalue weighted by molar-refractivity contribution is 8.07. The van der Waals surface area contributed by atoms with Crippen molar-refractivity contribution in [3.05, 3.63) is 160 Å². The molecule has 8 rings (SSSR count). The number of aryl methyl sites for hydroxylation is 2. The quantitative estimate of drug-likeness (QED) is 0.110. The lowest BCUT2D eigenvalue weighted by Gasteiger charge is -2.39. The molecule has 0 spiro atoms. The highest BCUT2D eigenvalue weighted by Gasteiger charge is 2.48. The molecule has 3 aliphatic rings. The van der Waals surface area contributed by atoms with Crippen LogP contribution in [0.15, 0.2) is 104 Å². The zero-order chi connectivity index (χ0) is 52.7. The molecule has 0 unspecified atom stereocenters. The van der Waals surface area contributed by atoms with Gasteiger partial charge in [-0.25, -0.2) is 18.0 Å². The molecule has 73 heavy (non-hydrogen) atoms. The predicted molar refractivity (Wildman–Crippen MR) is 278 cm³/mol. The Morgan fingerprint density at radius 2 is 1.36 bits per heavy atom. The van der Waals surface area contributed by atoms with Crippen LogP contribution in [0, 0.1) is 13.8 Å². The van der Waals surface area contributed by atoms with Crippen molar-refractivity contribution in [3.63, 3.8) is 0 Å². The van der Waals surface area contributed by atoms with Crippen molar-refractivity contribution >= 4 is 36.7 Å². The van der Waals surface area contributed by atoms with Crippen LogP contribution in [0.2, 0.25) is 18.1 Å². The average Bonchev–Trinajstić information content (AvgIpc) is 3.92. The number of sulfone groups is 1. The van der Waals surface area contributed by atoms with Gasteiger partial charge in [-0.15, -0.1) is 0 Å². The fourth-order valence-corrected chi connectivity index (χ4v) is 13.7. The monoisotopic (exact) mass is 1080 g/mol.